The molecule has 0 fully saturated rings. The molecule has 0 bridgehead atoms. The monoisotopic (exact) mass is 441 g/mol. The number of anilines is 1. The predicted octanol–water partition coefficient (Wildman–Crippen LogP) is 3.58. The van der Waals surface area contributed by atoms with Gasteiger partial charge in [0.1, 0.15) is 12.6 Å². The summed E-state index contributed by atoms with van der Waals surface area (Å²) in [5.74, 6) is -1.60. The first-order chi connectivity index (χ1) is 14.8. The number of esters is 1. The summed E-state index contributed by atoms with van der Waals surface area (Å²) in [5, 5.41) is 12.2. The molecule has 2 rings (SSSR count). The van der Waals surface area contributed by atoms with Gasteiger partial charge in [-0.05, 0) is 48.7 Å². The number of hydrogen-bond donors (Lipinski definition) is 1. The van der Waals surface area contributed by atoms with Crippen molar-refractivity contribution in [3.05, 3.63) is 65.2 Å². The lowest BCUT2D eigenvalue weighted by atomic mass is 10.0. The first kappa shape index (κ1) is 23.9. The Balaban J connectivity index is 2.04. The van der Waals surface area contributed by atoms with E-state index in [1.807, 2.05) is 19.9 Å². The van der Waals surface area contributed by atoms with Crippen molar-refractivity contribution in [1.82, 2.24) is 5.32 Å². The van der Waals surface area contributed by atoms with Gasteiger partial charge in [-0.25, -0.2) is 4.79 Å². The Morgan fingerprint density at radius 2 is 1.74 bits per heavy atom. The van der Waals surface area contributed by atoms with Crippen LogP contribution in [0.2, 0.25) is 5.02 Å². The molecule has 0 aliphatic heterocycles. The molecule has 0 radical (unpaired) electrons. The van der Waals surface area contributed by atoms with Crippen LogP contribution >= 0.6 is 11.6 Å². The van der Waals surface area contributed by atoms with E-state index >= 15 is 0 Å². The summed E-state index contributed by atoms with van der Waals surface area (Å²) in [5.41, 5.74) is 0.881. The van der Waals surface area contributed by atoms with Crippen LogP contribution in [0.3, 0.4) is 0 Å². The fraction of sp³-hybridized carbons (Fsp3) is 0.304. The highest BCUT2D eigenvalue weighted by molar-refractivity contribution is 6.30. The Labute approximate surface area is 186 Å². The molecule has 2 aromatic rings. The Bertz CT molecular complexity index is 940. The lowest BCUT2D eigenvalue weighted by Crippen LogP contribution is -2.44. The molecule has 0 heterocycles. The molecule has 0 aliphatic carbocycles. The van der Waals surface area contributed by atoms with Crippen molar-refractivity contribution in [3.8, 4) is 6.07 Å². The van der Waals surface area contributed by atoms with Crippen LogP contribution in [0, 0.1) is 17.2 Å². The molecular formula is C23H24ClN3O4. The van der Waals surface area contributed by atoms with Crippen LogP contribution in [0.5, 0.6) is 0 Å². The van der Waals surface area contributed by atoms with Crippen LogP contribution in [-0.2, 0) is 14.3 Å². The molecule has 0 spiro atoms. The Morgan fingerprint density at radius 1 is 1.10 bits per heavy atom. The molecule has 2 amide bonds. The highest BCUT2D eigenvalue weighted by atomic mass is 35.5. The predicted molar refractivity (Wildman–Crippen MR) is 118 cm³/mol. The van der Waals surface area contributed by atoms with Crippen molar-refractivity contribution in [3.63, 3.8) is 0 Å². The average Bonchev–Trinajstić information content (AvgIpc) is 2.75. The fourth-order valence-electron chi connectivity index (χ4n) is 2.84. The average molecular weight is 442 g/mol. The summed E-state index contributed by atoms with van der Waals surface area (Å²) >= 11 is 5.84. The summed E-state index contributed by atoms with van der Waals surface area (Å²) in [7, 11) is 0. The van der Waals surface area contributed by atoms with E-state index in [9.17, 15) is 14.4 Å². The number of benzene rings is 2. The van der Waals surface area contributed by atoms with E-state index in [0.717, 1.165) is 0 Å². The number of halogens is 1. The summed E-state index contributed by atoms with van der Waals surface area (Å²) in [4.78, 5) is 38.9. The summed E-state index contributed by atoms with van der Waals surface area (Å²) < 4.78 is 5.20. The molecule has 162 valence electrons. The number of hydrogen-bond acceptors (Lipinski definition) is 5. The zero-order chi connectivity index (χ0) is 22.8. The van der Waals surface area contributed by atoms with E-state index in [-0.39, 0.29) is 12.5 Å². The van der Waals surface area contributed by atoms with E-state index in [1.54, 1.807) is 54.6 Å². The minimum atomic E-state index is -0.919. The van der Waals surface area contributed by atoms with Gasteiger partial charge in [0.25, 0.3) is 11.8 Å². The molecule has 0 saturated carbocycles. The highest BCUT2D eigenvalue weighted by Gasteiger charge is 2.26. The van der Waals surface area contributed by atoms with E-state index in [2.05, 4.69) is 5.32 Å². The van der Waals surface area contributed by atoms with Crippen LogP contribution in [-0.4, -0.2) is 37.0 Å². The number of carbonyl (C=O) groups excluding carboxylic acids is 3. The van der Waals surface area contributed by atoms with Crippen LogP contribution in [0.4, 0.5) is 5.69 Å². The topological polar surface area (TPSA) is 99.5 Å². The van der Waals surface area contributed by atoms with E-state index in [0.29, 0.717) is 22.7 Å². The van der Waals surface area contributed by atoms with E-state index < -0.39 is 30.4 Å². The lowest BCUT2D eigenvalue weighted by Gasteiger charge is -2.22. The third-order valence-electron chi connectivity index (χ3n) is 4.34. The zero-order valence-corrected chi connectivity index (χ0v) is 18.1. The van der Waals surface area contributed by atoms with Gasteiger partial charge in [0.2, 0.25) is 0 Å². The maximum atomic E-state index is 12.6. The van der Waals surface area contributed by atoms with E-state index in [4.69, 9.17) is 21.6 Å². The number of rotatable bonds is 9. The highest BCUT2D eigenvalue weighted by Crippen LogP contribution is 2.14. The van der Waals surface area contributed by atoms with Crippen molar-refractivity contribution < 1.29 is 19.1 Å². The molecule has 7 nitrogen and oxygen atoms in total. The molecule has 1 atom stereocenters. The quantitative estimate of drug-likeness (QED) is 0.473. The molecule has 0 saturated heterocycles. The Hall–Kier alpha value is -3.37. The zero-order valence-electron chi connectivity index (χ0n) is 17.4. The smallest absolute Gasteiger partial charge is 0.329 e. The first-order valence-electron chi connectivity index (χ1n) is 9.77. The molecule has 2 aromatic carbocycles. The van der Waals surface area contributed by atoms with Gasteiger partial charge in [0.05, 0.1) is 6.07 Å². The van der Waals surface area contributed by atoms with Crippen molar-refractivity contribution in [2.24, 2.45) is 5.92 Å². The summed E-state index contributed by atoms with van der Waals surface area (Å²) in [6.07, 6.45) is 0.340. The maximum absolute atomic E-state index is 12.6. The van der Waals surface area contributed by atoms with Gasteiger partial charge in [0.15, 0.2) is 6.61 Å². The van der Waals surface area contributed by atoms with Crippen LogP contribution in [0.15, 0.2) is 54.6 Å². The molecule has 0 aliphatic rings. The number of ether oxygens (including phenoxy) is 1. The van der Waals surface area contributed by atoms with Crippen LogP contribution in [0.1, 0.15) is 30.6 Å². The van der Waals surface area contributed by atoms with Crippen molar-refractivity contribution in [2.45, 2.75) is 26.3 Å². The molecule has 8 heteroatoms. The van der Waals surface area contributed by atoms with Gasteiger partial charge in [-0.1, -0.05) is 43.6 Å². The van der Waals surface area contributed by atoms with Crippen molar-refractivity contribution in [1.29, 1.82) is 5.26 Å². The van der Waals surface area contributed by atoms with Gasteiger partial charge in [0, 0.05) is 16.3 Å². The molecule has 1 N–H and O–H groups in total. The molecule has 1 unspecified atom stereocenters. The Morgan fingerprint density at radius 3 is 2.32 bits per heavy atom. The minimum Gasteiger partial charge on any atom is -0.454 e. The Kier molecular flexibility index (Phi) is 9.04. The second-order valence-corrected chi connectivity index (χ2v) is 7.68. The van der Waals surface area contributed by atoms with Gasteiger partial charge < -0.3 is 10.1 Å². The molecule has 0 aromatic heterocycles. The number of nitrogens with zero attached hydrogens (tertiary/aromatic N) is 2. The SMILES string of the molecule is CC(C)CC(NC(=O)c1ccc(Cl)cc1)C(=O)OCC(=O)N(CC#N)c1ccccc1. The van der Waals surface area contributed by atoms with Gasteiger partial charge in [-0.2, -0.15) is 5.26 Å². The second kappa shape index (κ2) is 11.7. The maximum Gasteiger partial charge on any atom is 0.329 e. The summed E-state index contributed by atoms with van der Waals surface area (Å²) in [6, 6.07) is 15.9. The van der Waals surface area contributed by atoms with Crippen LogP contribution in [0.25, 0.3) is 0 Å². The van der Waals surface area contributed by atoms with Crippen molar-refractivity contribution in [2.75, 3.05) is 18.1 Å². The molecular weight excluding hydrogens is 418 g/mol. The standard InChI is InChI=1S/C23H24ClN3O4/c1-16(2)14-20(26-22(29)17-8-10-18(24)11-9-17)23(30)31-15-21(28)27(13-12-25)19-6-4-3-5-7-19/h3-11,16,20H,13-15H2,1-2H3,(H,26,29). The van der Waals surface area contributed by atoms with Crippen molar-refractivity contribution >= 4 is 35.1 Å². The number of nitrogens with one attached hydrogen (secondary N) is 1. The fourth-order valence-corrected chi connectivity index (χ4v) is 2.97. The minimum absolute atomic E-state index is 0.0955. The van der Waals surface area contributed by atoms with Gasteiger partial charge >= 0.3 is 5.97 Å². The van der Waals surface area contributed by atoms with Crippen LogP contribution < -0.4 is 10.2 Å². The third kappa shape index (κ3) is 7.43. The number of para-hydroxylation sites is 1. The van der Waals surface area contributed by atoms with Gasteiger partial charge in [-0.3, -0.25) is 14.5 Å². The van der Waals surface area contributed by atoms with Gasteiger partial charge in [-0.15, -0.1) is 0 Å². The normalized spacial score (nSPS) is 11.3. The third-order valence-corrected chi connectivity index (χ3v) is 4.59. The van der Waals surface area contributed by atoms with E-state index in [1.165, 1.54) is 4.90 Å². The molecule has 31 heavy (non-hydrogen) atoms. The lowest BCUT2D eigenvalue weighted by molar-refractivity contribution is -0.150. The number of nitriles is 1. The number of carbonyl (C=O) groups is 3. The first-order valence-corrected chi connectivity index (χ1v) is 10.1. The second-order valence-electron chi connectivity index (χ2n) is 7.24. The largest absolute Gasteiger partial charge is 0.454 e. The summed E-state index contributed by atoms with van der Waals surface area (Å²) in [6.45, 7) is 3.10. The number of amides is 2.